The van der Waals surface area contributed by atoms with Crippen molar-refractivity contribution < 1.29 is 31.9 Å². The number of thiophene rings is 1. The first-order chi connectivity index (χ1) is 19.8. The maximum atomic E-state index is 13.8. The zero-order valence-corrected chi connectivity index (χ0v) is 23.9. The van der Waals surface area contributed by atoms with Crippen molar-refractivity contribution in [3.8, 4) is 16.9 Å². The molecule has 0 saturated heterocycles. The van der Waals surface area contributed by atoms with E-state index in [1.54, 1.807) is 23.9 Å². The van der Waals surface area contributed by atoms with Gasteiger partial charge < -0.3 is 20.2 Å². The topological polar surface area (TPSA) is 125 Å². The minimum absolute atomic E-state index is 0.0542. The van der Waals surface area contributed by atoms with E-state index in [0.29, 0.717) is 40.6 Å². The quantitative estimate of drug-likeness (QED) is 0.206. The highest BCUT2D eigenvalue weighted by atomic mass is 32.1. The Kier molecular flexibility index (Phi) is 7.54. The molecule has 42 heavy (non-hydrogen) atoms. The van der Waals surface area contributed by atoms with Crippen LogP contribution in [0.25, 0.3) is 21.3 Å². The molecule has 5 aromatic rings. The van der Waals surface area contributed by atoms with E-state index in [1.807, 2.05) is 39.0 Å². The fourth-order valence-corrected chi connectivity index (χ4v) is 5.41. The van der Waals surface area contributed by atoms with Gasteiger partial charge in [0.25, 0.3) is 11.8 Å². The van der Waals surface area contributed by atoms with Crippen LogP contribution in [0.1, 0.15) is 55.4 Å². The van der Waals surface area contributed by atoms with Gasteiger partial charge >= 0.3 is 6.18 Å². The first-order valence-electron chi connectivity index (χ1n) is 12.8. The van der Waals surface area contributed by atoms with Crippen LogP contribution < -0.4 is 15.8 Å². The van der Waals surface area contributed by atoms with Gasteiger partial charge in [-0.2, -0.15) is 18.3 Å². The molecule has 3 N–H and O–H groups in total. The van der Waals surface area contributed by atoms with Gasteiger partial charge in [0.15, 0.2) is 5.76 Å². The second kappa shape index (κ2) is 11.0. The van der Waals surface area contributed by atoms with Crippen LogP contribution in [0.15, 0.2) is 47.0 Å². The van der Waals surface area contributed by atoms with Crippen molar-refractivity contribution in [2.24, 2.45) is 5.73 Å². The normalized spacial score (nSPS) is 11.7. The Morgan fingerprint density at radius 3 is 2.50 bits per heavy atom. The highest BCUT2D eigenvalue weighted by Gasteiger charge is 2.35. The number of carbonyl (C=O) groups excluding carboxylic acids is 2. The van der Waals surface area contributed by atoms with E-state index in [0.717, 1.165) is 17.2 Å². The third-order valence-corrected chi connectivity index (χ3v) is 7.82. The number of benzene rings is 1. The number of nitrogens with two attached hydrogens (primary N) is 1. The molecular weight excluding hydrogens is 571 g/mol. The molecule has 0 atom stereocenters. The van der Waals surface area contributed by atoms with Crippen LogP contribution in [0.4, 0.5) is 18.9 Å². The SMILES string of the molecule is CCn1cc(-c2cc(C(F)(F)F)nc3sc(C(N)=O)c(NC(=O)c4ccc(COc5ccc(C)c(C)c5)o4)c23)c(C)n1. The van der Waals surface area contributed by atoms with E-state index in [-0.39, 0.29) is 38.7 Å². The molecule has 0 aliphatic rings. The molecule has 0 aliphatic heterocycles. The number of fused-ring (bicyclic) bond motifs is 1. The summed E-state index contributed by atoms with van der Waals surface area (Å²) in [5.41, 5.74) is 7.53. The second-order valence-corrected chi connectivity index (χ2v) is 10.6. The Bertz CT molecular complexity index is 1840. The number of alkyl halides is 3. The Morgan fingerprint density at radius 1 is 1.10 bits per heavy atom. The standard InChI is InChI=1S/C29H26F3N5O4S/c1-5-37-12-20(16(4)36-37)19-11-22(29(30,31)32)34-28-23(19)24(25(42-28)26(33)38)35-27(39)21-9-8-18(41-21)13-40-17-7-6-14(2)15(3)10-17/h6-12H,5,13H2,1-4H3,(H2,33,38)(H,35,39). The lowest BCUT2D eigenvalue weighted by atomic mass is 10.0. The van der Waals surface area contributed by atoms with Crippen LogP contribution in [-0.2, 0) is 19.3 Å². The maximum absolute atomic E-state index is 13.8. The van der Waals surface area contributed by atoms with E-state index >= 15 is 0 Å². The van der Waals surface area contributed by atoms with Gasteiger partial charge in [-0.15, -0.1) is 11.3 Å². The third kappa shape index (κ3) is 5.59. The highest BCUT2D eigenvalue weighted by molar-refractivity contribution is 7.21. The smallest absolute Gasteiger partial charge is 0.433 e. The van der Waals surface area contributed by atoms with Crippen molar-refractivity contribution in [1.29, 1.82) is 0 Å². The Hall–Kier alpha value is -4.65. The molecule has 0 saturated carbocycles. The average molecular weight is 598 g/mol. The number of anilines is 1. The molecule has 0 bridgehead atoms. The average Bonchev–Trinajstić information content (AvgIpc) is 3.65. The predicted molar refractivity (Wildman–Crippen MR) is 152 cm³/mol. The summed E-state index contributed by atoms with van der Waals surface area (Å²) in [5, 5.41) is 7.11. The number of aromatic nitrogens is 3. The van der Waals surface area contributed by atoms with Crippen LogP contribution in [0.2, 0.25) is 0 Å². The van der Waals surface area contributed by atoms with Gasteiger partial charge in [0.1, 0.15) is 33.5 Å². The van der Waals surface area contributed by atoms with Crippen molar-refractivity contribution in [1.82, 2.24) is 14.8 Å². The van der Waals surface area contributed by atoms with Crippen LogP contribution in [0, 0.1) is 20.8 Å². The summed E-state index contributed by atoms with van der Waals surface area (Å²) in [6, 6.07) is 9.54. The first kappa shape index (κ1) is 28.9. The van der Waals surface area contributed by atoms with Crippen molar-refractivity contribution in [3.05, 3.63) is 81.5 Å². The number of carbonyl (C=O) groups is 2. The monoisotopic (exact) mass is 597 g/mol. The summed E-state index contributed by atoms with van der Waals surface area (Å²) in [4.78, 5) is 29.2. The lowest BCUT2D eigenvalue weighted by Gasteiger charge is -2.11. The van der Waals surface area contributed by atoms with E-state index in [1.165, 1.54) is 6.07 Å². The molecule has 0 radical (unpaired) electrons. The van der Waals surface area contributed by atoms with E-state index in [2.05, 4.69) is 15.4 Å². The van der Waals surface area contributed by atoms with Crippen LogP contribution in [0.3, 0.4) is 0 Å². The van der Waals surface area contributed by atoms with Crippen molar-refractivity contribution in [3.63, 3.8) is 0 Å². The number of nitrogens with zero attached hydrogens (tertiary/aromatic N) is 3. The number of nitrogens with one attached hydrogen (secondary N) is 1. The van der Waals surface area contributed by atoms with Crippen molar-refractivity contribution in [2.75, 3.05) is 5.32 Å². The van der Waals surface area contributed by atoms with E-state index in [4.69, 9.17) is 14.9 Å². The molecule has 0 fully saturated rings. The molecule has 13 heteroatoms. The predicted octanol–water partition coefficient (Wildman–Crippen LogP) is 6.65. The number of ether oxygens (including phenoxy) is 1. The Morgan fingerprint density at radius 2 is 1.86 bits per heavy atom. The highest BCUT2D eigenvalue weighted by Crippen LogP contribution is 2.44. The number of primary amides is 1. The van der Waals surface area contributed by atoms with Crippen molar-refractivity contribution >= 4 is 39.1 Å². The van der Waals surface area contributed by atoms with Gasteiger partial charge in [-0.05, 0) is 74.7 Å². The number of rotatable bonds is 8. The molecule has 5 rings (SSSR count). The molecule has 4 heterocycles. The lowest BCUT2D eigenvalue weighted by molar-refractivity contribution is -0.140. The number of pyridine rings is 1. The molecule has 2 amide bonds. The Labute approximate surface area is 242 Å². The second-order valence-electron chi connectivity index (χ2n) is 9.64. The summed E-state index contributed by atoms with van der Waals surface area (Å²) in [6.07, 6.45) is -3.16. The van der Waals surface area contributed by atoms with Crippen LogP contribution >= 0.6 is 11.3 Å². The largest absolute Gasteiger partial charge is 0.486 e. The third-order valence-electron chi connectivity index (χ3n) is 6.72. The van der Waals surface area contributed by atoms with Crippen molar-refractivity contribution in [2.45, 2.75) is 47.0 Å². The number of hydrogen-bond acceptors (Lipinski definition) is 7. The molecule has 4 aromatic heterocycles. The van der Waals surface area contributed by atoms with E-state index < -0.39 is 23.7 Å². The molecule has 0 aliphatic carbocycles. The number of furan rings is 1. The van der Waals surface area contributed by atoms with Gasteiger partial charge in [-0.3, -0.25) is 14.3 Å². The van der Waals surface area contributed by atoms with E-state index in [9.17, 15) is 22.8 Å². The summed E-state index contributed by atoms with van der Waals surface area (Å²) in [5.74, 6) is -0.767. The number of hydrogen-bond donors (Lipinski definition) is 2. The van der Waals surface area contributed by atoms with Crippen LogP contribution in [-0.4, -0.2) is 26.6 Å². The zero-order chi connectivity index (χ0) is 30.3. The fourth-order valence-electron chi connectivity index (χ4n) is 4.40. The summed E-state index contributed by atoms with van der Waals surface area (Å²) in [7, 11) is 0. The Balaban J connectivity index is 1.52. The maximum Gasteiger partial charge on any atom is 0.433 e. The van der Waals surface area contributed by atoms with Gasteiger partial charge in [0.2, 0.25) is 0 Å². The molecule has 9 nitrogen and oxygen atoms in total. The van der Waals surface area contributed by atoms with Gasteiger partial charge in [0.05, 0.1) is 11.4 Å². The fraction of sp³-hybridized carbons (Fsp3) is 0.241. The lowest BCUT2D eigenvalue weighted by Crippen LogP contribution is -2.16. The van der Waals surface area contributed by atoms with Gasteiger partial charge in [-0.25, -0.2) is 4.98 Å². The van der Waals surface area contributed by atoms with Crippen LogP contribution in [0.5, 0.6) is 5.75 Å². The zero-order valence-electron chi connectivity index (χ0n) is 23.0. The minimum atomic E-state index is -4.76. The summed E-state index contributed by atoms with van der Waals surface area (Å²) < 4.78 is 54.5. The number of amides is 2. The van der Waals surface area contributed by atoms with Gasteiger partial charge in [-0.1, -0.05) is 6.07 Å². The number of aryl methyl sites for hydroxylation is 4. The molecule has 0 unspecified atom stereocenters. The summed E-state index contributed by atoms with van der Waals surface area (Å²) in [6.45, 7) is 7.99. The summed E-state index contributed by atoms with van der Waals surface area (Å²) >= 11 is 0.662. The number of halogens is 3. The molecule has 218 valence electrons. The molecular formula is C29H26F3N5O4S. The van der Waals surface area contributed by atoms with Gasteiger partial charge in [0, 0.05) is 23.7 Å². The first-order valence-corrected chi connectivity index (χ1v) is 13.7. The minimum Gasteiger partial charge on any atom is -0.486 e. The molecule has 0 spiro atoms. The molecule has 1 aromatic carbocycles.